The molecule has 2 aromatic carbocycles. The molecule has 0 unspecified atom stereocenters. The Morgan fingerprint density at radius 3 is 2.41 bits per heavy atom. The Morgan fingerprint density at radius 2 is 1.77 bits per heavy atom. The molecule has 2 aromatic rings. The molecule has 0 atom stereocenters. The van der Waals surface area contributed by atoms with E-state index in [0.717, 1.165) is 11.1 Å². The van der Waals surface area contributed by atoms with Gasteiger partial charge in [0.1, 0.15) is 4.90 Å². The van der Waals surface area contributed by atoms with Gasteiger partial charge in [0, 0.05) is 13.5 Å². The standard InChI is InChI=1S/C16H18N2O3S/c1-12-8-9-15(18-13(2)19)16(10-12)22(20,21)17-11-14-6-4-3-5-7-14/h3-10,17H,11H2,1-2H3,(H,18,19). The topological polar surface area (TPSA) is 75.3 Å². The van der Waals surface area contributed by atoms with Gasteiger partial charge in [0.05, 0.1) is 5.69 Å². The van der Waals surface area contributed by atoms with Crippen LogP contribution >= 0.6 is 0 Å². The van der Waals surface area contributed by atoms with Crippen LogP contribution < -0.4 is 10.0 Å². The number of rotatable bonds is 5. The number of anilines is 1. The molecule has 0 heterocycles. The lowest BCUT2D eigenvalue weighted by atomic mass is 10.2. The lowest BCUT2D eigenvalue weighted by Gasteiger charge is -2.12. The average Bonchev–Trinajstić information content (AvgIpc) is 2.48. The number of hydrogen-bond acceptors (Lipinski definition) is 3. The van der Waals surface area contributed by atoms with Crippen molar-refractivity contribution in [3.63, 3.8) is 0 Å². The Hall–Kier alpha value is -2.18. The second kappa shape index (κ2) is 6.72. The Labute approximate surface area is 130 Å². The van der Waals surface area contributed by atoms with E-state index in [1.807, 2.05) is 30.3 Å². The Bertz CT molecular complexity index is 771. The largest absolute Gasteiger partial charge is 0.325 e. The van der Waals surface area contributed by atoms with Gasteiger partial charge in [0.25, 0.3) is 0 Å². The van der Waals surface area contributed by atoms with Crippen molar-refractivity contribution >= 4 is 21.6 Å². The summed E-state index contributed by atoms with van der Waals surface area (Å²) in [7, 11) is -3.72. The second-order valence-electron chi connectivity index (χ2n) is 4.99. The molecule has 5 nitrogen and oxygen atoms in total. The van der Waals surface area contributed by atoms with Crippen LogP contribution in [0.1, 0.15) is 18.1 Å². The summed E-state index contributed by atoms with van der Waals surface area (Å²) in [5, 5.41) is 2.55. The van der Waals surface area contributed by atoms with Crippen LogP contribution in [0.4, 0.5) is 5.69 Å². The number of benzene rings is 2. The van der Waals surface area contributed by atoms with E-state index in [4.69, 9.17) is 0 Å². The van der Waals surface area contributed by atoms with Gasteiger partial charge in [-0.15, -0.1) is 0 Å². The maximum Gasteiger partial charge on any atom is 0.242 e. The molecule has 0 aliphatic carbocycles. The summed E-state index contributed by atoms with van der Waals surface area (Å²) < 4.78 is 27.5. The molecule has 0 aliphatic rings. The molecule has 6 heteroatoms. The smallest absolute Gasteiger partial charge is 0.242 e. The van der Waals surface area contributed by atoms with Crippen LogP contribution in [0.3, 0.4) is 0 Å². The van der Waals surface area contributed by atoms with E-state index in [9.17, 15) is 13.2 Å². The summed E-state index contributed by atoms with van der Waals surface area (Å²) >= 11 is 0. The van der Waals surface area contributed by atoms with Gasteiger partial charge in [-0.2, -0.15) is 0 Å². The van der Waals surface area contributed by atoms with Crippen LogP contribution in [0, 0.1) is 6.92 Å². The fourth-order valence-corrected chi connectivity index (χ4v) is 3.26. The Balaban J connectivity index is 2.28. The van der Waals surface area contributed by atoms with Crippen molar-refractivity contribution in [2.45, 2.75) is 25.3 Å². The van der Waals surface area contributed by atoms with Crippen molar-refractivity contribution in [1.29, 1.82) is 0 Å². The molecular formula is C16H18N2O3S. The van der Waals surface area contributed by atoms with Crippen LogP contribution in [0.2, 0.25) is 0 Å². The molecule has 22 heavy (non-hydrogen) atoms. The maximum absolute atomic E-state index is 12.5. The lowest BCUT2D eigenvalue weighted by molar-refractivity contribution is -0.114. The maximum atomic E-state index is 12.5. The number of carbonyl (C=O) groups is 1. The van der Waals surface area contributed by atoms with Gasteiger partial charge < -0.3 is 5.32 Å². The Kier molecular flexibility index (Phi) is 4.95. The average molecular weight is 318 g/mol. The minimum atomic E-state index is -3.72. The molecule has 0 saturated heterocycles. The number of aryl methyl sites for hydroxylation is 1. The summed E-state index contributed by atoms with van der Waals surface area (Å²) in [5.74, 6) is -0.316. The predicted octanol–water partition coefficient (Wildman–Crippen LogP) is 2.43. The molecule has 0 saturated carbocycles. The summed E-state index contributed by atoms with van der Waals surface area (Å²) in [6.07, 6.45) is 0. The van der Waals surface area contributed by atoms with E-state index in [-0.39, 0.29) is 23.0 Å². The fourth-order valence-electron chi connectivity index (χ4n) is 2.00. The number of amides is 1. The molecule has 0 bridgehead atoms. The van der Waals surface area contributed by atoms with Gasteiger partial charge in [0.2, 0.25) is 15.9 Å². The molecule has 2 N–H and O–H groups in total. The van der Waals surface area contributed by atoms with Gasteiger partial charge in [-0.1, -0.05) is 36.4 Å². The van der Waals surface area contributed by atoms with Gasteiger partial charge in [0.15, 0.2) is 0 Å². The highest BCUT2D eigenvalue weighted by Crippen LogP contribution is 2.22. The SMILES string of the molecule is CC(=O)Nc1ccc(C)cc1S(=O)(=O)NCc1ccccc1. The monoisotopic (exact) mass is 318 g/mol. The number of hydrogen-bond donors (Lipinski definition) is 2. The Morgan fingerprint density at radius 1 is 1.09 bits per heavy atom. The van der Waals surface area contributed by atoms with E-state index in [1.54, 1.807) is 25.1 Å². The minimum absolute atomic E-state index is 0.0682. The molecule has 116 valence electrons. The first-order valence-electron chi connectivity index (χ1n) is 6.80. The van der Waals surface area contributed by atoms with Crippen LogP contribution in [0.15, 0.2) is 53.4 Å². The fraction of sp³-hybridized carbons (Fsp3) is 0.188. The van der Waals surface area contributed by atoms with E-state index >= 15 is 0 Å². The van der Waals surface area contributed by atoms with Gasteiger partial charge in [-0.25, -0.2) is 13.1 Å². The van der Waals surface area contributed by atoms with Gasteiger partial charge in [-0.3, -0.25) is 4.79 Å². The molecule has 2 rings (SSSR count). The third-order valence-electron chi connectivity index (χ3n) is 3.05. The lowest BCUT2D eigenvalue weighted by Crippen LogP contribution is -2.25. The molecule has 1 amide bonds. The van der Waals surface area contributed by atoms with Crippen molar-refractivity contribution in [3.8, 4) is 0 Å². The van der Waals surface area contributed by atoms with E-state index in [2.05, 4.69) is 10.0 Å². The molecule has 0 spiro atoms. The van der Waals surface area contributed by atoms with Crippen molar-refractivity contribution < 1.29 is 13.2 Å². The summed E-state index contributed by atoms with van der Waals surface area (Å²) in [6, 6.07) is 14.1. The molecule has 0 fully saturated rings. The highest BCUT2D eigenvalue weighted by Gasteiger charge is 2.19. The van der Waals surface area contributed by atoms with E-state index < -0.39 is 10.0 Å². The van der Waals surface area contributed by atoms with Gasteiger partial charge >= 0.3 is 0 Å². The number of nitrogens with one attached hydrogen (secondary N) is 2. The molecule has 0 radical (unpaired) electrons. The van der Waals surface area contributed by atoms with Crippen LogP contribution in [-0.4, -0.2) is 14.3 Å². The summed E-state index contributed by atoms with van der Waals surface area (Å²) in [5.41, 5.74) is 1.94. The highest BCUT2D eigenvalue weighted by atomic mass is 32.2. The predicted molar refractivity (Wildman–Crippen MR) is 86.0 cm³/mol. The van der Waals surface area contributed by atoms with Crippen molar-refractivity contribution in [2.75, 3.05) is 5.32 Å². The summed E-state index contributed by atoms with van der Waals surface area (Å²) in [4.78, 5) is 11.3. The van der Waals surface area contributed by atoms with Crippen molar-refractivity contribution in [2.24, 2.45) is 0 Å². The van der Waals surface area contributed by atoms with Crippen molar-refractivity contribution in [1.82, 2.24) is 4.72 Å². The first-order chi connectivity index (χ1) is 10.4. The zero-order chi connectivity index (χ0) is 16.2. The zero-order valence-corrected chi connectivity index (χ0v) is 13.3. The third kappa shape index (κ3) is 4.16. The quantitative estimate of drug-likeness (QED) is 0.889. The van der Waals surface area contributed by atoms with E-state index in [1.165, 1.54) is 6.92 Å². The van der Waals surface area contributed by atoms with Crippen LogP contribution in [0.25, 0.3) is 0 Å². The zero-order valence-electron chi connectivity index (χ0n) is 12.5. The van der Waals surface area contributed by atoms with Gasteiger partial charge in [-0.05, 0) is 30.2 Å². The van der Waals surface area contributed by atoms with Crippen molar-refractivity contribution in [3.05, 3.63) is 59.7 Å². The summed E-state index contributed by atoms with van der Waals surface area (Å²) in [6.45, 7) is 3.33. The molecule has 0 aromatic heterocycles. The first kappa shape index (κ1) is 16.2. The number of sulfonamides is 1. The van der Waals surface area contributed by atoms with Crippen LogP contribution in [0.5, 0.6) is 0 Å². The third-order valence-corrected chi connectivity index (χ3v) is 4.49. The number of carbonyl (C=O) groups excluding carboxylic acids is 1. The molecular weight excluding hydrogens is 300 g/mol. The normalized spacial score (nSPS) is 11.2. The van der Waals surface area contributed by atoms with E-state index in [0.29, 0.717) is 0 Å². The second-order valence-corrected chi connectivity index (χ2v) is 6.73. The molecule has 0 aliphatic heterocycles. The highest BCUT2D eigenvalue weighted by molar-refractivity contribution is 7.89. The van der Waals surface area contributed by atoms with Crippen LogP contribution in [-0.2, 0) is 21.4 Å². The first-order valence-corrected chi connectivity index (χ1v) is 8.28. The minimum Gasteiger partial charge on any atom is -0.325 e.